The molecule has 1 radical (unpaired) electrons. The predicted octanol–water partition coefficient (Wildman–Crippen LogP) is -0.226. The van der Waals surface area contributed by atoms with E-state index < -0.39 is 11.8 Å². The van der Waals surface area contributed by atoms with Crippen LogP contribution >= 0.6 is 0 Å². The summed E-state index contributed by atoms with van der Waals surface area (Å²) in [6, 6.07) is 0. The minimum absolute atomic E-state index is 0. The van der Waals surface area contributed by atoms with Gasteiger partial charge in [-0.05, 0) is 0 Å². The van der Waals surface area contributed by atoms with Crippen molar-refractivity contribution in [1.29, 1.82) is 0 Å². The number of nitrogens with zero attached hydrogens (tertiary/aromatic N) is 1. The van der Waals surface area contributed by atoms with Crippen molar-refractivity contribution in [1.82, 2.24) is 0 Å². The molecule has 1 aliphatic heterocycles. The molecule has 1 aliphatic rings. The fraction of sp³-hybridized carbons (Fsp3) is 0.400. The molecule has 0 N–H and O–H groups in total. The first kappa shape index (κ1) is 9.91. The summed E-state index contributed by atoms with van der Waals surface area (Å²) in [5.41, 5.74) is 0. The van der Waals surface area contributed by atoms with Crippen molar-refractivity contribution in [3.63, 3.8) is 0 Å². The van der Waals surface area contributed by atoms with Gasteiger partial charge in [-0.2, -0.15) is 0 Å². The average Bonchev–Trinajstić information content (AvgIpc) is 1.59. The van der Waals surface area contributed by atoms with E-state index in [9.17, 15) is 14.4 Å². The van der Waals surface area contributed by atoms with Crippen LogP contribution in [0.25, 0.3) is 5.32 Å². The normalized spacial score (nSPS) is 17.8. The van der Waals surface area contributed by atoms with Crippen molar-refractivity contribution in [2.24, 2.45) is 0 Å². The zero-order valence-corrected chi connectivity index (χ0v) is 8.00. The Kier molecular flexibility index (Phi) is 3.90. The fourth-order valence-electron chi connectivity index (χ4n) is 0.618. The van der Waals surface area contributed by atoms with Crippen molar-refractivity contribution in [2.75, 3.05) is 0 Å². The Morgan fingerprint density at radius 1 is 1.00 bits per heavy atom. The number of hydrogen-bond acceptors (Lipinski definition) is 3. The zero-order valence-electron chi connectivity index (χ0n) is 5.16. The Morgan fingerprint density at radius 3 is 1.70 bits per heavy atom. The molecule has 4 nitrogen and oxygen atoms in total. The monoisotopic (exact) mass is 215 g/mol. The van der Waals surface area contributed by atoms with Crippen molar-refractivity contribution in [2.45, 2.75) is 12.8 Å². The van der Waals surface area contributed by atoms with Gasteiger partial charge in [0.25, 0.3) is 0 Å². The number of amides is 2. The van der Waals surface area contributed by atoms with E-state index in [4.69, 9.17) is 0 Å². The molecular formula is C5H4NO3Y-. The molecule has 51 valence electrons. The Morgan fingerprint density at radius 2 is 1.40 bits per heavy atom. The maximum atomic E-state index is 10.4. The third kappa shape index (κ3) is 2.67. The Bertz CT molecular complexity index is 144. The quantitative estimate of drug-likeness (QED) is 0.414. The molecule has 0 unspecified atom stereocenters. The summed E-state index contributed by atoms with van der Waals surface area (Å²) in [5, 5.41) is 3.03. The molecule has 0 bridgehead atoms. The van der Waals surface area contributed by atoms with Crippen LogP contribution in [0.4, 0.5) is 0 Å². The summed E-state index contributed by atoms with van der Waals surface area (Å²) in [7, 11) is 0. The summed E-state index contributed by atoms with van der Waals surface area (Å²) in [6.07, 6.45) is -0.405. The molecule has 5 heteroatoms. The van der Waals surface area contributed by atoms with Gasteiger partial charge >= 0.3 is 0 Å². The standard InChI is InChI=1S/C5H5NO3.Y/c7-3-1-4(8)6-5(9)2-3;/h1-2H2,(H,6,8,9);/p-1. The van der Waals surface area contributed by atoms with E-state index in [0.717, 1.165) is 0 Å². The first-order valence-corrected chi connectivity index (χ1v) is 2.47. The molecule has 0 aromatic heterocycles. The van der Waals surface area contributed by atoms with E-state index >= 15 is 0 Å². The van der Waals surface area contributed by atoms with E-state index in [1.165, 1.54) is 0 Å². The second-order valence-electron chi connectivity index (χ2n) is 1.79. The van der Waals surface area contributed by atoms with Gasteiger partial charge in [-0.3, -0.25) is 4.79 Å². The van der Waals surface area contributed by atoms with Gasteiger partial charge < -0.3 is 14.9 Å². The summed E-state index contributed by atoms with van der Waals surface area (Å²) in [4.78, 5) is 30.9. The van der Waals surface area contributed by atoms with Gasteiger partial charge in [0.2, 0.25) is 0 Å². The number of imide groups is 1. The van der Waals surface area contributed by atoms with Crippen LogP contribution in [0.3, 0.4) is 0 Å². The number of rotatable bonds is 0. The smallest absolute Gasteiger partial charge is 0.144 e. The molecule has 0 atom stereocenters. The maximum Gasteiger partial charge on any atom is 0.144 e. The topological polar surface area (TPSA) is 65.3 Å². The first-order chi connectivity index (χ1) is 4.18. The molecule has 2 amide bonds. The van der Waals surface area contributed by atoms with Crippen LogP contribution in [0.5, 0.6) is 0 Å². The van der Waals surface area contributed by atoms with E-state index in [-0.39, 0.29) is 51.3 Å². The second kappa shape index (κ2) is 3.93. The van der Waals surface area contributed by atoms with Gasteiger partial charge in [0, 0.05) is 45.6 Å². The number of carbonyl (C=O) groups is 3. The Balaban J connectivity index is 0.000000810. The van der Waals surface area contributed by atoms with Gasteiger partial charge in [0.1, 0.15) is 5.78 Å². The van der Waals surface area contributed by atoms with Crippen molar-refractivity contribution >= 4 is 17.6 Å². The average molecular weight is 215 g/mol. The van der Waals surface area contributed by atoms with Crippen molar-refractivity contribution in [3.8, 4) is 0 Å². The number of Topliss-reactive ketones (excluding diaryl/α,β-unsaturated/α-hetero) is 1. The molecule has 10 heavy (non-hydrogen) atoms. The van der Waals surface area contributed by atoms with Crippen LogP contribution in [0, 0.1) is 0 Å². The van der Waals surface area contributed by atoms with Crippen molar-refractivity contribution in [3.05, 3.63) is 5.32 Å². The molecule has 0 spiro atoms. The number of hydrogen-bond donors (Lipinski definition) is 0. The fourth-order valence-corrected chi connectivity index (χ4v) is 0.618. The number of carbonyl (C=O) groups excluding carboxylic acids is 3. The second-order valence-corrected chi connectivity index (χ2v) is 1.79. The number of ketones is 1. The van der Waals surface area contributed by atoms with Gasteiger partial charge in [-0.15, -0.1) is 0 Å². The minimum Gasteiger partial charge on any atom is -0.595 e. The molecule has 0 aromatic carbocycles. The summed E-state index contributed by atoms with van der Waals surface area (Å²) < 4.78 is 0. The van der Waals surface area contributed by atoms with Gasteiger partial charge in [-0.25, -0.2) is 0 Å². The molecule has 0 saturated carbocycles. The summed E-state index contributed by atoms with van der Waals surface area (Å²) in [6.45, 7) is 0. The SMILES string of the molecule is O=C1CC(=O)[N-]C(=O)C1.[Y]. The molecule has 0 aliphatic carbocycles. The van der Waals surface area contributed by atoms with Gasteiger partial charge in [-0.1, -0.05) is 0 Å². The first-order valence-electron chi connectivity index (χ1n) is 2.47. The minimum atomic E-state index is -0.615. The Labute approximate surface area is 82.6 Å². The van der Waals surface area contributed by atoms with Gasteiger partial charge in [0.15, 0.2) is 0 Å². The van der Waals surface area contributed by atoms with E-state index in [1.807, 2.05) is 0 Å². The van der Waals surface area contributed by atoms with Crippen LogP contribution in [0.15, 0.2) is 0 Å². The van der Waals surface area contributed by atoms with E-state index in [2.05, 4.69) is 5.32 Å². The summed E-state index contributed by atoms with van der Waals surface area (Å²) in [5.74, 6) is -1.56. The van der Waals surface area contributed by atoms with E-state index in [1.54, 1.807) is 0 Å². The van der Waals surface area contributed by atoms with Crippen LogP contribution in [0.1, 0.15) is 12.8 Å². The zero-order chi connectivity index (χ0) is 6.85. The molecule has 1 saturated heterocycles. The molecular weight excluding hydrogens is 211 g/mol. The molecule has 1 fully saturated rings. The van der Waals surface area contributed by atoms with Crippen molar-refractivity contribution < 1.29 is 47.1 Å². The predicted molar refractivity (Wildman–Crippen MR) is 27.6 cm³/mol. The van der Waals surface area contributed by atoms with Crippen LogP contribution in [0.2, 0.25) is 0 Å². The van der Waals surface area contributed by atoms with Crippen LogP contribution in [-0.4, -0.2) is 17.6 Å². The molecule has 0 aromatic rings. The van der Waals surface area contributed by atoms with Gasteiger partial charge in [0.05, 0.1) is 11.8 Å². The van der Waals surface area contributed by atoms with Crippen LogP contribution in [-0.2, 0) is 47.1 Å². The maximum absolute atomic E-state index is 10.4. The van der Waals surface area contributed by atoms with Crippen LogP contribution < -0.4 is 0 Å². The third-order valence-electron chi connectivity index (χ3n) is 0.946. The Hall–Kier alpha value is -0.0861. The largest absolute Gasteiger partial charge is 0.595 e. The molecule has 1 rings (SSSR count). The van der Waals surface area contributed by atoms with E-state index in [0.29, 0.717) is 0 Å². The molecule has 1 heterocycles. The number of piperidine rings is 1. The summed E-state index contributed by atoms with van der Waals surface area (Å²) >= 11 is 0. The third-order valence-corrected chi connectivity index (χ3v) is 0.946.